The summed E-state index contributed by atoms with van der Waals surface area (Å²) in [4.78, 5) is 22.3. The van der Waals surface area contributed by atoms with Crippen LogP contribution in [0.4, 0.5) is 0 Å². The van der Waals surface area contributed by atoms with E-state index in [1.54, 1.807) is 19.9 Å². The highest BCUT2D eigenvalue weighted by molar-refractivity contribution is 6.02. The molecular weight excluding hydrogens is 240 g/mol. The average Bonchev–Trinajstić information content (AvgIpc) is 2.35. The zero-order valence-corrected chi connectivity index (χ0v) is 12.0. The van der Waals surface area contributed by atoms with Gasteiger partial charge in [0.05, 0.1) is 6.61 Å². The molecule has 0 saturated heterocycles. The summed E-state index contributed by atoms with van der Waals surface area (Å²) >= 11 is 0. The molecule has 0 aromatic rings. The number of allylic oxidation sites excluding steroid dienone is 3. The lowest BCUT2D eigenvalue weighted by Gasteiger charge is -2.03. The van der Waals surface area contributed by atoms with Gasteiger partial charge in [0.2, 0.25) is 0 Å². The van der Waals surface area contributed by atoms with Gasteiger partial charge in [-0.05, 0) is 44.8 Å². The van der Waals surface area contributed by atoms with E-state index in [0.717, 1.165) is 32.1 Å². The van der Waals surface area contributed by atoms with Crippen molar-refractivity contribution in [1.29, 1.82) is 0 Å². The molecule has 3 heteroatoms. The summed E-state index contributed by atoms with van der Waals surface area (Å²) < 4.78 is 4.98. The van der Waals surface area contributed by atoms with E-state index in [1.807, 2.05) is 6.08 Å². The van der Waals surface area contributed by atoms with Crippen molar-refractivity contribution in [1.82, 2.24) is 0 Å². The molecule has 0 aromatic carbocycles. The Hall–Kier alpha value is -1.64. The lowest BCUT2D eigenvalue weighted by Crippen LogP contribution is -2.05. The fourth-order valence-corrected chi connectivity index (χ4v) is 1.34. The van der Waals surface area contributed by atoms with Gasteiger partial charge in [-0.15, -0.1) is 0 Å². The van der Waals surface area contributed by atoms with Gasteiger partial charge < -0.3 is 4.74 Å². The Labute approximate surface area is 116 Å². The van der Waals surface area contributed by atoms with Gasteiger partial charge in [0.1, 0.15) is 0 Å². The number of ketones is 1. The molecular formula is C16H24O3. The van der Waals surface area contributed by atoms with Gasteiger partial charge in [0.25, 0.3) is 0 Å². The zero-order valence-electron chi connectivity index (χ0n) is 12.0. The normalized spacial score (nSPS) is 10.4. The first kappa shape index (κ1) is 17.4. The number of hydrogen-bond acceptors (Lipinski definition) is 3. The summed E-state index contributed by atoms with van der Waals surface area (Å²) in [6.45, 7) is 10.9. The maximum absolute atomic E-state index is 11.2. The highest BCUT2D eigenvalue weighted by atomic mass is 16.5. The minimum Gasteiger partial charge on any atom is -0.462 e. The molecule has 0 aromatic heterocycles. The Bertz CT molecular complexity index is 364. The number of esters is 1. The monoisotopic (exact) mass is 264 g/mol. The number of carbonyl (C=O) groups excluding carboxylic acids is 2. The van der Waals surface area contributed by atoms with Crippen LogP contribution in [0.15, 0.2) is 36.5 Å². The second-order valence-electron chi connectivity index (χ2n) is 4.67. The molecule has 0 spiro atoms. The Morgan fingerprint density at radius 1 is 1.00 bits per heavy atom. The van der Waals surface area contributed by atoms with Crippen molar-refractivity contribution < 1.29 is 14.3 Å². The molecule has 0 heterocycles. The fourth-order valence-electron chi connectivity index (χ4n) is 1.34. The molecule has 106 valence electrons. The predicted octanol–water partition coefficient (Wildman–Crippen LogP) is 3.76. The number of unbranched alkanes of at least 4 members (excludes halogenated alkanes) is 4. The third-order valence-corrected chi connectivity index (χ3v) is 2.54. The SMILES string of the molecule is C=C(C)C(=O)C=CCCCCCCOC(=O)C(=C)C. The molecule has 0 unspecified atom stereocenters. The van der Waals surface area contributed by atoms with E-state index in [-0.39, 0.29) is 11.8 Å². The third kappa shape index (κ3) is 10.0. The Balaban J connectivity index is 3.42. The van der Waals surface area contributed by atoms with Crippen LogP contribution in [0.2, 0.25) is 0 Å². The van der Waals surface area contributed by atoms with Gasteiger partial charge in [-0.3, -0.25) is 4.79 Å². The van der Waals surface area contributed by atoms with E-state index in [1.165, 1.54) is 0 Å². The fraction of sp³-hybridized carbons (Fsp3) is 0.500. The van der Waals surface area contributed by atoms with Crippen molar-refractivity contribution in [2.24, 2.45) is 0 Å². The third-order valence-electron chi connectivity index (χ3n) is 2.54. The number of rotatable bonds is 10. The quantitative estimate of drug-likeness (QED) is 0.343. The molecule has 0 bridgehead atoms. The summed E-state index contributed by atoms with van der Waals surface area (Å²) in [6, 6.07) is 0. The van der Waals surface area contributed by atoms with Crippen molar-refractivity contribution in [3.63, 3.8) is 0 Å². The second kappa shape index (κ2) is 10.3. The molecule has 0 atom stereocenters. The Morgan fingerprint density at radius 2 is 1.63 bits per heavy atom. The highest BCUT2D eigenvalue weighted by Gasteiger charge is 2.01. The molecule has 0 saturated carbocycles. The molecule has 0 fully saturated rings. The molecule has 0 N–H and O–H groups in total. The van der Waals surface area contributed by atoms with Crippen molar-refractivity contribution >= 4 is 11.8 Å². The summed E-state index contributed by atoms with van der Waals surface area (Å²) in [6.07, 6.45) is 8.35. The van der Waals surface area contributed by atoms with E-state index in [0.29, 0.717) is 17.8 Å². The van der Waals surface area contributed by atoms with Crippen molar-refractivity contribution in [2.75, 3.05) is 6.61 Å². The minimum absolute atomic E-state index is 0.00768. The maximum Gasteiger partial charge on any atom is 0.333 e. The van der Waals surface area contributed by atoms with Gasteiger partial charge in [-0.25, -0.2) is 4.79 Å². The molecule has 0 rings (SSSR count). The topological polar surface area (TPSA) is 43.4 Å². The molecule has 0 aliphatic carbocycles. The molecule has 3 nitrogen and oxygen atoms in total. The second-order valence-corrected chi connectivity index (χ2v) is 4.67. The van der Waals surface area contributed by atoms with Crippen molar-refractivity contribution in [3.05, 3.63) is 36.5 Å². The first-order chi connectivity index (χ1) is 8.95. The summed E-state index contributed by atoms with van der Waals surface area (Å²) in [7, 11) is 0. The largest absolute Gasteiger partial charge is 0.462 e. The van der Waals surface area contributed by atoms with Crippen LogP contribution in [0.1, 0.15) is 46.0 Å². The standard InChI is InChI=1S/C16H24O3/c1-13(2)15(17)11-9-7-5-6-8-10-12-19-16(18)14(3)4/h9,11H,1,3,5-8,10,12H2,2,4H3. The molecule has 0 amide bonds. The molecule has 19 heavy (non-hydrogen) atoms. The van der Waals surface area contributed by atoms with E-state index in [9.17, 15) is 9.59 Å². The van der Waals surface area contributed by atoms with Gasteiger partial charge >= 0.3 is 5.97 Å². The van der Waals surface area contributed by atoms with Gasteiger partial charge in [0.15, 0.2) is 5.78 Å². The number of carbonyl (C=O) groups is 2. The van der Waals surface area contributed by atoms with Crippen LogP contribution >= 0.6 is 0 Å². The number of hydrogen-bond donors (Lipinski definition) is 0. The van der Waals surface area contributed by atoms with E-state index < -0.39 is 0 Å². The molecule has 0 aliphatic heterocycles. The van der Waals surface area contributed by atoms with Gasteiger partial charge in [-0.2, -0.15) is 0 Å². The zero-order chi connectivity index (χ0) is 14.7. The van der Waals surface area contributed by atoms with Crippen LogP contribution < -0.4 is 0 Å². The first-order valence-corrected chi connectivity index (χ1v) is 6.64. The lowest BCUT2D eigenvalue weighted by molar-refractivity contribution is -0.139. The predicted molar refractivity (Wildman–Crippen MR) is 77.8 cm³/mol. The Kier molecular flexibility index (Phi) is 9.41. The van der Waals surface area contributed by atoms with Gasteiger partial charge in [0, 0.05) is 5.57 Å². The van der Waals surface area contributed by atoms with Crippen LogP contribution in [0.5, 0.6) is 0 Å². The average molecular weight is 264 g/mol. The van der Waals surface area contributed by atoms with Crippen LogP contribution in [0, 0.1) is 0 Å². The Morgan fingerprint density at radius 3 is 2.21 bits per heavy atom. The summed E-state index contributed by atoms with van der Waals surface area (Å²) in [5.41, 5.74) is 1.00. The van der Waals surface area contributed by atoms with E-state index in [4.69, 9.17) is 4.74 Å². The summed E-state index contributed by atoms with van der Waals surface area (Å²) in [5.74, 6) is -0.326. The van der Waals surface area contributed by atoms with Crippen LogP contribution in [0.25, 0.3) is 0 Å². The summed E-state index contributed by atoms with van der Waals surface area (Å²) in [5, 5.41) is 0. The molecule has 0 radical (unpaired) electrons. The molecule has 0 aliphatic rings. The van der Waals surface area contributed by atoms with Crippen molar-refractivity contribution in [2.45, 2.75) is 46.0 Å². The maximum atomic E-state index is 11.2. The van der Waals surface area contributed by atoms with Crippen LogP contribution in [-0.2, 0) is 14.3 Å². The highest BCUT2D eigenvalue weighted by Crippen LogP contribution is 2.05. The van der Waals surface area contributed by atoms with E-state index >= 15 is 0 Å². The smallest absolute Gasteiger partial charge is 0.333 e. The van der Waals surface area contributed by atoms with E-state index in [2.05, 4.69) is 13.2 Å². The van der Waals surface area contributed by atoms with Crippen molar-refractivity contribution in [3.8, 4) is 0 Å². The van der Waals surface area contributed by atoms with Crippen LogP contribution in [-0.4, -0.2) is 18.4 Å². The van der Waals surface area contributed by atoms with Crippen LogP contribution in [0.3, 0.4) is 0 Å². The lowest BCUT2D eigenvalue weighted by atomic mass is 10.1. The minimum atomic E-state index is -0.318. The van der Waals surface area contributed by atoms with Gasteiger partial charge in [-0.1, -0.05) is 32.1 Å². The first-order valence-electron chi connectivity index (χ1n) is 6.64. The number of ether oxygens (including phenoxy) is 1.